The molecule has 1 N–H and O–H groups in total. The Hall–Kier alpha value is -2.53. The summed E-state index contributed by atoms with van der Waals surface area (Å²) in [6.07, 6.45) is 6.81. The van der Waals surface area contributed by atoms with Crippen LogP contribution in [0.4, 0.5) is 4.39 Å². The highest BCUT2D eigenvalue weighted by molar-refractivity contribution is 7.92. The van der Waals surface area contributed by atoms with Gasteiger partial charge >= 0.3 is 0 Å². The normalized spacial score (nSPS) is 24.3. The molecule has 170 valence electrons. The van der Waals surface area contributed by atoms with Crippen LogP contribution in [0, 0.1) is 6.92 Å². The van der Waals surface area contributed by atoms with Crippen molar-refractivity contribution in [1.29, 1.82) is 0 Å². The molecule has 2 atom stereocenters. The van der Waals surface area contributed by atoms with Gasteiger partial charge in [0.15, 0.2) is 15.9 Å². The SMILES string of the molecule is Cc1c(OC2CCN(C(=O)CCO)CC2)ncnc1OC1C=CC=CC1(F)S(C)(=O)=O. The standard InChI is InChI=1S/C20H26FN3O6S/c1-14-18(29-15-6-10-24(11-7-15)17(26)8-12-25)22-13-23-19(14)30-16-5-3-4-9-20(16,21)31(2,27)28/h3-5,9,13,15-16,25H,6-8,10-12H2,1-2H3. The van der Waals surface area contributed by atoms with E-state index in [-0.39, 0.29) is 36.8 Å². The van der Waals surface area contributed by atoms with Crippen molar-refractivity contribution in [1.82, 2.24) is 14.9 Å². The zero-order chi connectivity index (χ0) is 22.6. The predicted octanol–water partition coefficient (Wildman–Crippen LogP) is 1.12. The van der Waals surface area contributed by atoms with E-state index in [2.05, 4.69) is 9.97 Å². The Kier molecular flexibility index (Phi) is 6.95. The largest absolute Gasteiger partial charge is 0.474 e. The van der Waals surface area contributed by atoms with Gasteiger partial charge in [-0.15, -0.1) is 0 Å². The van der Waals surface area contributed by atoms with Crippen LogP contribution in [0.2, 0.25) is 0 Å². The molecule has 1 fully saturated rings. The van der Waals surface area contributed by atoms with Gasteiger partial charge in [0, 0.05) is 38.6 Å². The van der Waals surface area contributed by atoms with E-state index in [1.807, 2.05) is 0 Å². The number of rotatable bonds is 7. The first-order valence-electron chi connectivity index (χ1n) is 9.94. The van der Waals surface area contributed by atoms with Crippen molar-refractivity contribution in [3.05, 3.63) is 36.2 Å². The predicted molar refractivity (Wildman–Crippen MR) is 110 cm³/mol. The first-order valence-corrected chi connectivity index (χ1v) is 11.8. The molecule has 9 nitrogen and oxygen atoms in total. The topological polar surface area (TPSA) is 119 Å². The fraction of sp³-hybridized carbons (Fsp3) is 0.550. The van der Waals surface area contributed by atoms with Crippen molar-refractivity contribution in [3.8, 4) is 11.8 Å². The minimum atomic E-state index is -4.11. The molecule has 0 bridgehead atoms. The van der Waals surface area contributed by atoms with Crippen LogP contribution in [0.1, 0.15) is 24.8 Å². The lowest BCUT2D eigenvalue weighted by atomic mass is 10.1. The summed E-state index contributed by atoms with van der Waals surface area (Å²) in [5.41, 5.74) is 0.417. The molecule has 0 saturated carbocycles. The summed E-state index contributed by atoms with van der Waals surface area (Å²) < 4.78 is 50.8. The molecule has 2 heterocycles. The molecule has 0 aromatic carbocycles. The van der Waals surface area contributed by atoms with Crippen LogP contribution >= 0.6 is 0 Å². The number of nitrogens with zero attached hydrogens (tertiary/aromatic N) is 3. The van der Waals surface area contributed by atoms with Crippen molar-refractivity contribution < 1.29 is 32.2 Å². The highest BCUT2D eigenvalue weighted by atomic mass is 32.2. The van der Waals surface area contributed by atoms with E-state index in [1.165, 1.54) is 24.6 Å². The second-order valence-electron chi connectivity index (χ2n) is 7.53. The molecule has 2 aliphatic rings. The number of ether oxygens (including phenoxy) is 2. The van der Waals surface area contributed by atoms with Crippen LogP contribution in [0.15, 0.2) is 30.6 Å². The number of likely N-dealkylation sites (tertiary alicyclic amines) is 1. The monoisotopic (exact) mass is 455 g/mol. The quantitative estimate of drug-likeness (QED) is 0.650. The Morgan fingerprint density at radius 2 is 1.90 bits per heavy atom. The van der Waals surface area contributed by atoms with Crippen LogP contribution in [0.3, 0.4) is 0 Å². The van der Waals surface area contributed by atoms with Gasteiger partial charge in [-0.25, -0.2) is 22.8 Å². The van der Waals surface area contributed by atoms with Gasteiger partial charge in [0.25, 0.3) is 5.00 Å². The summed E-state index contributed by atoms with van der Waals surface area (Å²) in [5.74, 6) is 0.186. The van der Waals surface area contributed by atoms with Gasteiger partial charge in [-0.3, -0.25) is 4.79 Å². The third-order valence-electron chi connectivity index (χ3n) is 5.31. The number of hydrogen-bond acceptors (Lipinski definition) is 8. The van der Waals surface area contributed by atoms with Crippen LogP contribution < -0.4 is 9.47 Å². The maximum Gasteiger partial charge on any atom is 0.268 e. The van der Waals surface area contributed by atoms with E-state index in [9.17, 15) is 13.2 Å². The number of sulfone groups is 1. The second-order valence-corrected chi connectivity index (χ2v) is 9.70. The smallest absolute Gasteiger partial charge is 0.268 e. The molecule has 1 aliphatic carbocycles. The Balaban J connectivity index is 1.69. The van der Waals surface area contributed by atoms with Crippen molar-refractivity contribution in [2.45, 2.75) is 43.4 Å². The van der Waals surface area contributed by atoms with Gasteiger partial charge in [-0.1, -0.05) is 12.2 Å². The van der Waals surface area contributed by atoms with Crippen molar-refractivity contribution in [2.24, 2.45) is 0 Å². The highest BCUT2D eigenvalue weighted by Crippen LogP contribution is 2.34. The fourth-order valence-corrected chi connectivity index (χ4v) is 4.32. The van der Waals surface area contributed by atoms with E-state index in [0.29, 0.717) is 31.5 Å². The summed E-state index contributed by atoms with van der Waals surface area (Å²) >= 11 is 0. The number of carbonyl (C=O) groups is 1. The van der Waals surface area contributed by atoms with Gasteiger partial charge < -0.3 is 19.5 Å². The molecule has 1 aromatic rings. The fourth-order valence-electron chi connectivity index (χ4n) is 3.44. The van der Waals surface area contributed by atoms with Crippen molar-refractivity contribution in [2.75, 3.05) is 26.0 Å². The number of hydrogen-bond donors (Lipinski definition) is 1. The maximum absolute atomic E-state index is 15.2. The number of aliphatic hydroxyl groups excluding tert-OH is 1. The average Bonchev–Trinajstić information content (AvgIpc) is 2.72. The van der Waals surface area contributed by atoms with Crippen LogP contribution in [0.25, 0.3) is 0 Å². The molecule has 1 saturated heterocycles. The Morgan fingerprint density at radius 3 is 2.52 bits per heavy atom. The summed E-state index contributed by atoms with van der Waals surface area (Å²) in [6, 6.07) is 0. The zero-order valence-corrected chi connectivity index (χ0v) is 18.2. The van der Waals surface area contributed by atoms with Gasteiger partial charge in [0.1, 0.15) is 12.4 Å². The minimum Gasteiger partial charge on any atom is -0.474 e. The number of aliphatic hydroxyl groups is 1. The Labute approximate surface area is 180 Å². The van der Waals surface area contributed by atoms with E-state index in [4.69, 9.17) is 14.6 Å². The number of halogens is 1. The van der Waals surface area contributed by atoms with Gasteiger partial charge in [-0.05, 0) is 19.1 Å². The Bertz CT molecular complexity index is 975. The first kappa shape index (κ1) is 23.1. The number of amides is 1. The molecule has 0 spiro atoms. The molecule has 1 aliphatic heterocycles. The molecular weight excluding hydrogens is 429 g/mol. The third-order valence-corrected chi connectivity index (χ3v) is 6.81. The van der Waals surface area contributed by atoms with E-state index >= 15 is 4.39 Å². The van der Waals surface area contributed by atoms with Crippen molar-refractivity contribution >= 4 is 15.7 Å². The summed E-state index contributed by atoms with van der Waals surface area (Å²) in [6.45, 7) is 2.49. The summed E-state index contributed by atoms with van der Waals surface area (Å²) in [4.78, 5) is 21.7. The minimum absolute atomic E-state index is 0.0242. The zero-order valence-electron chi connectivity index (χ0n) is 17.4. The number of alkyl halides is 1. The molecule has 1 amide bonds. The number of piperidine rings is 1. The molecule has 0 radical (unpaired) electrons. The molecule has 31 heavy (non-hydrogen) atoms. The lowest BCUT2D eigenvalue weighted by molar-refractivity contribution is -0.133. The van der Waals surface area contributed by atoms with Gasteiger partial charge in [-0.2, -0.15) is 0 Å². The van der Waals surface area contributed by atoms with Crippen LogP contribution in [0.5, 0.6) is 11.8 Å². The maximum atomic E-state index is 15.2. The number of aromatic nitrogens is 2. The van der Waals surface area contributed by atoms with Crippen molar-refractivity contribution in [3.63, 3.8) is 0 Å². The average molecular weight is 456 g/mol. The lowest BCUT2D eigenvalue weighted by Crippen LogP contribution is -2.46. The second kappa shape index (κ2) is 9.31. The molecule has 11 heteroatoms. The number of allylic oxidation sites excluding steroid dienone is 2. The van der Waals surface area contributed by atoms with E-state index < -0.39 is 20.9 Å². The summed E-state index contributed by atoms with van der Waals surface area (Å²) in [5, 5.41) is 6.19. The van der Waals surface area contributed by atoms with Crippen LogP contribution in [-0.4, -0.2) is 77.5 Å². The molecule has 1 aromatic heterocycles. The van der Waals surface area contributed by atoms with E-state index in [1.54, 1.807) is 11.8 Å². The number of carbonyl (C=O) groups excluding carboxylic acids is 1. The third kappa shape index (κ3) is 5.04. The van der Waals surface area contributed by atoms with E-state index in [0.717, 1.165) is 12.3 Å². The molecule has 2 unspecified atom stereocenters. The molecule has 3 rings (SSSR count). The summed E-state index contributed by atoms with van der Waals surface area (Å²) in [7, 11) is -4.11. The van der Waals surface area contributed by atoms with Gasteiger partial charge in [0.05, 0.1) is 12.2 Å². The first-order chi connectivity index (χ1) is 14.7. The van der Waals surface area contributed by atoms with Gasteiger partial charge in [0.2, 0.25) is 17.7 Å². The molecular formula is C20H26FN3O6S. The lowest BCUT2D eigenvalue weighted by Gasteiger charge is -2.32. The Morgan fingerprint density at radius 1 is 1.26 bits per heavy atom. The van der Waals surface area contributed by atoms with Crippen LogP contribution in [-0.2, 0) is 14.6 Å². The highest BCUT2D eigenvalue weighted by Gasteiger charge is 2.48.